The molecule has 0 amide bonds. The van der Waals surface area contributed by atoms with E-state index < -0.39 is 11.9 Å². The highest BCUT2D eigenvalue weighted by molar-refractivity contribution is 5.83. The molecule has 168 valence electrons. The van der Waals surface area contributed by atoms with Gasteiger partial charge in [0.15, 0.2) is 0 Å². The average Bonchev–Trinajstić information content (AvgIpc) is 2.69. The molecule has 0 spiro atoms. The molecule has 0 aromatic rings. The van der Waals surface area contributed by atoms with Crippen LogP contribution in [0.2, 0.25) is 0 Å². The second kappa shape index (κ2) is 22.1. The maximum Gasteiger partial charge on any atom is 0.330 e. The molecule has 0 aromatic carbocycles. The Labute approximate surface area is 178 Å². The third kappa shape index (κ3) is 22.9. The van der Waals surface area contributed by atoms with Crippen LogP contribution >= 0.6 is 0 Å². The largest absolute Gasteiger partial charge is 0.463 e. The molecule has 0 radical (unpaired) electrons. The van der Waals surface area contributed by atoms with Gasteiger partial charge in [0.25, 0.3) is 0 Å². The van der Waals surface area contributed by atoms with Crippen molar-refractivity contribution in [2.24, 2.45) is 0 Å². The van der Waals surface area contributed by atoms with Crippen LogP contribution in [0, 0.1) is 0 Å². The van der Waals surface area contributed by atoms with E-state index in [0.29, 0.717) is 26.1 Å². The Morgan fingerprint density at radius 3 is 0.933 bits per heavy atom. The van der Waals surface area contributed by atoms with Gasteiger partial charge in [-0.3, -0.25) is 0 Å². The van der Waals surface area contributed by atoms with Gasteiger partial charge < -0.3 is 18.9 Å². The van der Waals surface area contributed by atoms with Crippen molar-refractivity contribution in [3.05, 3.63) is 48.6 Å². The Morgan fingerprint density at radius 2 is 0.700 bits per heavy atom. The molecule has 0 aliphatic rings. The first-order chi connectivity index (χ1) is 14.4. The maximum absolute atomic E-state index is 10.9. The van der Waals surface area contributed by atoms with Crippen LogP contribution in [-0.4, -0.2) is 50.3 Å². The Balaban J connectivity index is 0. The molecule has 0 aromatic heterocycles. The summed E-state index contributed by atoms with van der Waals surface area (Å²) in [6.07, 6.45) is 13.1. The molecule has 0 saturated carbocycles. The molecule has 0 fully saturated rings. The number of ether oxygens (including phenoxy) is 4. The second-order valence-electron chi connectivity index (χ2n) is 5.38. The lowest BCUT2D eigenvalue weighted by Gasteiger charge is -2.02. The predicted octanol–water partition coefficient (Wildman–Crippen LogP) is 3.23. The molecule has 0 rings (SSSR count). The first-order valence-electron chi connectivity index (χ1n) is 9.59. The lowest BCUT2D eigenvalue weighted by Crippen LogP contribution is -2.11. The summed E-state index contributed by atoms with van der Waals surface area (Å²) in [4.78, 5) is 43.2. The van der Waals surface area contributed by atoms with Crippen LogP contribution in [0.3, 0.4) is 0 Å². The van der Waals surface area contributed by atoms with Gasteiger partial charge in [0, 0.05) is 24.3 Å². The van der Waals surface area contributed by atoms with Crippen molar-refractivity contribution in [3.63, 3.8) is 0 Å². The Bertz CT molecular complexity index is 561. The van der Waals surface area contributed by atoms with E-state index in [1.807, 2.05) is 0 Å². The first kappa shape index (κ1) is 29.0. The Kier molecular flexibility index (Phi) is 21.4. The van der Waals surface area contributed by atoms with Gasteiger partial charge in [0.2, 0.25) is 0 Å². The zero-order valence-corrected chi connectivity index (χ0v) is 18.1. The minimum absolute atomic E-state index is 0.0759. The van der Waals surface area contributed by atoms with Gasteiger partial charge >= 0.3 is 23.9 Å². The van der Waals surface area contributed by atoms with Gasteiger partial charge in [-0.1, -0.05) is 24.3 Å². The SMILES string of the molecule is C/C=C/C(=O)OCCCCOC(=O)/C=C/C.C/C=C/C(=O)OCCOC(=O)/C=C/C. The monoisotopic (exact) mass is 424 g/mol. The molecule has 0 aliphatic heterocycles. The fourth-order valence-corrected chi connectivity index (χ4v) is 1.57. The van der Waals surface area contributed by atoms with E-state index in [1.54, 1.807) is 52.0 Å². The molecule has 0 bridgehead atoms. The highest BCUT2D eigenvalue weighted by Crippen LogP contribution is 1.94. The van der Waals surface area contributed by atoms with Crippen molar-refractivity contribution in [1.29, 1.82) is 0 Å². The van der Waals surface area contributed by atoms with Gasteiger partial charge in [-0.25, -0.2) is 19.2 Å². The highest BCUT2D eigenvalue weighted by atomic mass is 16.6. The topological polar surface area (TPSA) is 105 Å². The number of esters is 4. The van der Waals surface area contributed by atoms with Crippen molar-refractivity contribution in [1.82, 2.24) is 0 Å². The third-order valence-corrected chi connectivity index (χ3v) is 2.81. The number of unbranched alkanes of at least 4 members (excludes halogenated alkanes) is 1. The minimum Gasteiger partial charge on any atom is -0.463 e. The van der Waals surface area contributed by atoms with Crippen molar-refractivity contribution in [2.45, 2.75) is 40.5 Å². The smallest absolute Gasteiger partial charge is 0.330 e. The fourth-order valence-electron chi connectivity index (χ4n) is 1.57. The van der Waals surface area contributed by atoms with Crippen LogP contribution in [0.4, 0.5) is 0 Å². The van der Waals surface area contributed by atoms with Crippen molar-refractivity contribution < 1.29 is 38.1 Å². The van der Waals surface area contributed by atoms with Gasteiger partial charge in [-0.05, 0) is 40.5 Å². The van der Waals surface area contributed by atoms with E-state index in [4.69, 9.17) is 9.47 Å². The molecule has 8 nitrogen and oxygen atoms in total. The number of rotatable bonds is 12. The lowest BCUT2D eigenvalue weighted by molar-refractivity contribution is -0.146. The fraction of sp³-hybridized carbons (Fsp3) is 0.455. The van der Waals surface area contributed by atoms with Crippen LogP contribution in [0.1, 0.15) is 40.5 Å². The summed E-state index contributed by atoms with van der Waals surface area (Å²) in [7, 11) is 0. The van der Waals surface area contributed by atoms with Gasteiger partial charge in [0.05, 0.1) is 13.2 Å². The molecule has 0 atom stereocenters. The standard InChI is InChI=1S/C12H18O4.C10H14O4/c1-3-7-11(13)15-9-5-6-10-16-12(14)8-4-2;1-3-5-9(11)13-7-8-14-10(12)6-4-2/h3-4,7-8H,5-6,9-10H2,1-2H3;3-6H,7-8H2,1-2H3/b7-3+,8-4+;5-3+,6-4+. The third-order valence-electron chi connectivity index (χ3n) is 2.81. The maximum atomic E-state index is 10.9. The van der Waals surface area contributed by atoms with Crippen molar-refractivity contribution in [3.8, 4) is 0 Å². The predicted molar refractivity (Wildman–Crippen MR) is 112 cm³/mol. The van der Waals surface area contributed by atoms with Gasteiger partial charge in [-0.2, -0.15) is 0 Å². The van der Waals surface area contributed by atoms with Crippen LogP contribution < -0.4 is 0 Å². The van der Waals surface area contributed by atoms with E-state index >= 15 is 0 Å². The average molecular weight is 424 g/mol. The second-order valence-corrected chi connectivity index (χ2v) is 5.38. The van der Waals surface area contributed by atoms with Gasteiger partial charge in [0.1, 0.15) is 13.2 Å². The number of allylic oxidation sites excluding steroid dienone is 4. The summed E-state index contributed by atoms with van der Waals surface area (Å²) in [6.45, 7) is 7.79. The minimum atomic E-state index is -0.436. The van der Waals surface area contributed by atoms with E-state index in [9.17, 15) is 19.2 Å². The summed E-state index contributed by atoms with van der Waals surface area (Å²) >= 11 is 0. The molecule has 30 heavy (non-hydrogen) atoms. The molecule has 0 N–H and O–H groups in total. The number of hydrogen-bond donors (Lipinski definition) is 0. The van der Waals surface area contributed by atoms with Crippen molar-refractivity contribution >= 4 is 23.9 Å². The summed E-state index contributed by atoms with van der Waals surface area (Å²) < 4.78 is 19.1. The lowest BCUT2D eigenvalue weighted by atomic mass is 10.3. The molecular formula is C22H32O8. The van der Waals surface area contributed by atoms with Gasteiger partial charge in [-0.15, -0.1) is 0 Å². The normalized spacial score (nSPS) is 10.8. The van der Waals surface area contributed by atoms with Crippen molar-refractivity contribution in [2.75, 3.05) is 26.4 Å². The number of carbonyl (C=O) groups excluding carboxylic acids is 4. The summed E-state index contributed by atoms with van der Waals surface area (Å²) in [5, 5.41) is 0. The zero-order chi connectivity index (χ0) is 23.0. The van der Waals surface area contributed by atoms with Crippen LogP contribution in [-0.2, 0) is 38.1 Å². The Morgan fingerprint density at radius 1 is 0.467 bits per heavy atom. The highest BCUT2D eigenvalue weighted by Gasteiger charge is 1.99. The molecule has 0 aliphatic carbocycles. The molecule has 0 saturated heterocycles. The summed E-state index contributed by atoms with van der Waals surface area (Å²) in [6, 6.07) is 0. The van der Waals surface area contributed by atoms with Crippen LogP contribution in [0.15, 0.2) is 48.6 Å². The quantitative estimate of drug-likeness (QED) is 0.203. The first-order valence-corrected chi connectivity index (χ1v) is 9.59. The van der Waals surface area contributed by atoms with E-state index in [0.717, 1.165) is 0 Å². The number of hydrogen-bond acceptors (Lipinski definition) is 8. The number of carbonyl (C=O) groups is 4. The molecule has 0 unspecified atom stereocenters. The van der Waals surface area contributed by atoms with E-state index in [2.05, 4.69) is 9.47 Å². The summed E-state index contributed by atoms with van der Waals surface area (Å²) in [5.41, 5.74) is 0. The van der Waals surface area contributed by atoms with E-state index in [-0.39, 0.29) is 25.2 Å². The zero-order valence-electron chi connectivity index (χ0n) is 18.1. The van der Waals surface area contributed by atoms with Crippen LogP contribution in [0.25, 0.3) is 0 Å². The molecular weight excluding hydrogens is 392 g/mol. The molecule has 0 heterocycles. The molecule has 8 heteroatoms. The summed E-state index contributed by atoms with van der Waals surface area (Å²) in [5.74, 6) is -1.55. The van der Waals surface area contributed by atoms with Crippen LogP contribution in [0.5, 0.6) is 0 Å². The van der Waals surface area contributed by atoms with E-state index in [1.165, 1.54) is 24.3 Å². The Hall–Kier alpha value is -3.16.